The van der Waals surface area contributed by atoms with Crippen LogP contribution in [-0.2, 0) is 14.6 Å². The fourth-order valence-corrected chi connectivity index (χ4v) is 2.24. The standard InChI is InChI=1S/C4H9NO.C4H8O2S/c1-3(2)4(5)6;5-7(6)3-1-2-4-7/h3H,1-2H3,(H2,5,6);1-4H2. The Morgan fingerprint density at radius 2 is 1.54 bits per heavy atom. The highest BCUT2D eigenvalue weighted by Crippen LogP contribution is 2.08. The number of rotatable bonds is 1. The van der Waals surface area contributed by atoms with Crippen LogP contribution in [0.5, 0.6) is 0 Å². The zero-order valence-corrected chi connectivity index (χ0v) is 8.93. The van der Waals surface area contributed by atoms with Crippen molar-refractivity contribution in [2.45, 2.75) is 26.7 Å². The number of carbonyl (C=O) groups is 1. The Balaban J connectivity index is 0.000000226. The van der Waals surface area contributed by atoms with Crippen molar-refractivity contribution in [2.75, 3.05) is 11.5 Å². The van der Waals surface area contributed by atoms with Gasteiger partial charge in [-0.2, -0.15) is 0 Å². The molecule has 78 valence electrons. The summed E-state index contributed by atoms with van der Waals surface area (Å²) in [5.41, 5.74) is 4.80. The van der Waals surface area contributed by atoms with Crippen LogP contribution in [-0.4, -0.2) is 25.8 Å². The van der Waals surface area contributed by atoms with Crippen LogP contribution in [0.1, 0.15) is 26.7 Å². The van der Waals surface area contributed by atoms with Gasteiger partial charge in [-0.15, -0.1) is 0 Å². The minimum absolute atomic E-state index is 0.00926. The van der Waals surface area contributed by atoms with E-state index in [9.17, 15) is 13.2 Å². The Labute approximate surface area is 79.4 Å². The fraction of sp³-hybridized carbons (Fsp3) is 0.875. The average molecular weight is 207 g/mol. The van der Waals surface area contributed by atoms with Gasteiger partial charge in [0, 0.05) is 5.92 Å². The summed E-state index contributed by atoms with van der Waals surface area (Å²) in [4.78, 5) is 9.92. The van der Waals surface area contributed by atoms with Gasteiger partial charge >= 0.3 is 0 Å². The minimum atomic E-state index is -2.55. The van der Waals surface area contributed by atoms with E-state index in [-0.39, 0.29) is 11.8 Å². The number of sulfone groups is 1. The van der Waals surface area contributed by atoms with Crippen LogP contribution in [0, 0.1) is 5.92 Å². The maximum atomic E-state index is 10.4. The molecule has 0 aliphatic carbocycles. The molecule has 0 aromatic carbocycles. The van der Waals surface area contributed by atoms with Crippen molar-refractivity contribution in [2.24, 2.45) is 11.7 Å². The molecular formula is C8H17NO3S. The summed E-state index contributed by atoms with van der Waals surface area (Å²) in [6.07, 6.45) is 1.75. The summed E-state index contributed by atoms with van der Waals surface area (Å²) in [6, 6.07) is 0. The van der Waals surface area contributed by atoms with Crippen LogP contribution >= 0.6 is 0 Å². The molecule has 0 aromatic rings. The van der Waals surface area contributed by atoms with Crippen LogP contribution in [0.15, 0.2) is 0 Å². The molecule has 1 fully saturated rings. The molecule has 1 aliphatic rings. The second kappa shape index (κ2) is 5.21. The van der Waals surface area contributed by atoms with Crippen molar-refractivity contribution in [1.29, 1.82) is 0 Å². The van der Waals surface area contributed by atoms with Crippen LogP contribution in [0.4, 0.5) is 0 Å². The maximum Gasteiger partial charge on any atom is 0.219 e. The summed E-state index contributed by atoms with van der Waals surface area (Å²) in [5.74, 6) is 0.597. The highest BCUT2D eigenvalue weighted by atomic mass is 32.2. The molecule has 4 nitrogen and oxygen atoms in total. The molecular weight excluding hydrogens is 190 g/mol. The number of hydrogen-bond acceptors (Lipinski definition) is 3. The van der Waals surface area contributed by atoms with E-state index in [1.165, 1.54) is 0 Å². The third-order valence-corrected chi connectivity index (χ3v) is 3.55. The van der Waals surface area contributed by atoms with Crippen molar-refractivity contribution in [3.8, 4) is 0 Å². The van der Waals surface area contributed by atoms with E-state index in [0.717, 1.165) is 12.8 Å². The first kappa shape index (κ1) is 12.4. The number of carbonyl (C=O) groups excluding carboxylic acids is 1. The monoisotopic (exact) mass is 207 g/mol. The van der Waals surface area contributed by atoms with E-state index >= 15 is 0 Å². The summed E-state index contributed by atoms with van der Waals surface area (Å²) >= 11 is 0. The van der Waals surface area contributed by atoms with Gasteiger partial charge in [0.1, 0.15) is 9.84 Å². The van der Waals surface area contributed by atoms with Crippen molar-refractivity contribution in [3.05, 3.63) is 0 Å². The van der Waals surface area contributed by atoms with E-state index in [0.29, 0.717) is 11.5 Å². The van der Waals surface area contributed by atoms with Gasteiger partial charge in [-0.1, -0.05) is 13.8 Å². The number of hydrogen-bond donors (Lipinski definition) is 1. The van der Waals surface area contributed by atoms with Crippen LogP contribution in [0.2, 0.25) is 0 Å². The molecule has 1 amide bonds. The lowest BCUT2D eigenvalue weighted by molar-refractivity contribution is -0.120. The van der Waals surface area contributed by atoms with Gasteiger partial charge in [-0.05, 0) is 12.8 Å². The lowest BCUT2D eigenvalue weighted by Crippen LogP contribution is -2.17. The molecule has 0 bridgehead atoms. The predicted octanol–water partition coefficient (Wildman–Crippen LogP) is 0.323. The quantitative estimate of drug-likeness (QED) is 0.672. The molecule has 0 unspecified atom stereocenters. The van der Waals surface area contributed by atoms with Crippen LogP contribution in [0.3, 0.4) is 0 Å². The minimum Gasteiger partial charge on any atom is -0.369 e. The van der Waals surface area contributed by atoms with Crippen molar-refractivity contribution in [3.63, 3.8) is 0 Å². The summed E-state index contributed by atoms with van der Waals surface area (Å²) in [7, 11) is -2.55. The van der Waals surface area contributed by atoms with Gasteiger partial charge < -0.3 is 5.73 Å². The smallest absolute Gasteiger partial charge is 0.219 e. The molecule has 0 radical (unpaired) electrons. The number of primary amides is 1. The van der Waals surface area contributed by atoms with Crippen molar-refractivity contribution >= 4 is 15.7 Å². The van der Waals surface area contributed by atoms with Crippen LogP contribution < -0.4 is 5.73 Å². The van der Waals surface area contributed by atoms with E-state index in [4.69, 9.17) is 5.73 Å². The predicted molar refractivity (Wildman–Crippen MR) is 51.9 cm³/mol. The van der Waals surface area contributed by atoms with Crippen LogP contribution in [0.25, 0.3) is 0 Å². The second-order valence-corrected chi connectivity index (χ2v) is 5.72. The lowest BCUT2D eigenvalue weighted by atomic mass is 10.2. The first-order valence-corrected chi connectivity index (χ1v) is 6.17. The Morgan fingerprint density at radius 3 is 1.62 bits per heavy atom. The Morgan fingerprint density at radius 1 is 1.23 bits per heavy atom. The first-order chi connectivity index (χ1) is 5.85. The first-order valence-electron chi connectivity index (χ1n) is 4.35. The van der Waals surface area contributed by atoms with Crippen molar-refractivity contribution in [1.82, 2.24) is 0 Å². The average Bonchev–Trinajstić information content (AvgIpc) is 2.35. The Bertz CT molecular complexity index is 245. The molecule has 0 saturated carbocycles. The molecule has 0 aromatic heterocycles. The van der Waals surface area contributed by atoms with Gasteiger partial charge in [-0.25, -0.2) is 8.42 Å². The molecule has 1 rings (SSSR count). The number of amides is 1. The summed E-state index contributed by atoms with van der Waals surface area (Å²) < 4.78 is 20.9. The molecule has 5 heteroatoms. The molecule has 13 heavy (non-hydrogen) atoms. The SMILES string of the molecule is CC(C)C(N)=O.O=S1(=O)CCCC1. The third kappa shape index (κ3) is 6.57. The zero-order chi connectivity index (χ0) is 10.5. The van der Waals surface area contributed by atoms with E-state index in [1.807, 2.05) is 0 Å². The normalized spacial score (nSPS) is 19.3. The third-order valence-electron chi connectivity index (χ3n) is 1.73. The largest absolute Gasteiger partial charge is 0.369 e. The van der Waals surface area contributed by atoms with Gasteiger partial charge in [0.15, 0.2) is 0 Å². The molecule has 1 heterocycles. The fourth-order valence-electron chi connectivity index (χ4n) is 0.746. The van der Waals surface area contributed by atoms with E-state index in [2.05, 4.69) is 0 Å². The van der Waals surface area contributed by atoms with E-state index in [1.54, 1.807) is 13.8 Å². The zero-order valence-electron chi connectivity index (χ0n) is 8.12. The Hall–Kier alpha value is -0.580. The maximum absolute atomic E-state index is 10.4. The second-order valence-electron chi connectivity index (χ2n) is 3.42. The van der Waals surface area contributed by atoms with Crippen molar-refractivity contribution < 1.29 is 13.2 Å². The van der Waals surface area contributed by atoms with Gasteiger partial charge in [0.25, 0.3) is 0 Å². The molecule has 0 spiro atoms. The molecule has 0 atom stereocenters. The highest BCUT2D eigenvalue weighted by molar-refractivity contribution is 7.91. The molecule has 1 aliphatic heterocycles. The van der Waals surface area contributed by atoms with Gasteiger partial charge in [0.05, 0.1) is 11.5 Å². The molecule has 2 N–H and O–H groups in total. The van der Waals surface area contributed by atoms with Gasteiger partial charge in [0.2, 0.25) is 5.91 Å². The highest BCUT2D eigenvalue weighted by Gasteiger charge is 2.16. The molecule has 1 saturated heterocycles. The van der Waals surface area contributed by atoms with Gasteiger partial charge in [-0.3, -0.25) is 4.79 Å². The Kier molecular flexibility index (Phi) is 4.98. The topological polar surface area (TPSA) is 77.2 Å². The summed E-state index contributed by atoms with van der Waals surface area (Å²) in [5, 5.41) is 0. The van der Waals surface area contributed by atoms with E-state index < -0.39 is 9.84 Å². The summed E-state index contributed by atoms with van der Waals surface area (Å²) in [6.45, 7) is 3.53. The lowest BCUT2D eigenvalue weighted by Gasteiger charge is -1.90. The number of nitrogens with two attached hydrogens (primary N) is 1.